The van der Waals surface area contributed by atoms with Gasteiger partial charge in [0.25, 0.3) is 0 Å². The molecule has 0 aliphatic heterocycles. The Kier molecular flexibility index (Phi) is 7.60. The first kappa shape index (κ1) is 26.3. The Hall–Kier alpha value is -3.32. The van der Waals surface area contributed by atoms with Crippen LogP contribution >= 0.6 is 0 Å². The Balaban J connectivity index is 1.89. The average Bonchev–Trinajstić information content (AvgIpc) is 2.84. The fraction of sp³-hybridized carbons (Fsp3) is 0.217. The van der Waals surface area contributed by atoms with Gasteiger partial charge in [-0.25, -0.2) is 21.6 Å². The fourth-order valence-electron chi connectivity index (χ4n) is 3.16. The highest BCUT2D eigenvalue weighted by Gasteiger charge is 2.49. The van der Waals surface area contributed by atoms with Gasteiger partial charge in [-0.2, -0.15) is 10.6 Å². The summed E-state index contributed by atoms with van der Waals surface area (Å²) in [6.07, 6.45) is 2.48. The van der Waals surface area contributed by atoms with E-state index in [1.165, 1.54) is 56.4 Å². The number of nitrogens with one attached hydrogen (secondary N) is 1. The molecule has 1 aromatic heterocycles. The summed E-state index contributed by atoms with van der Waals surface area (Å²) in [6, 6.07) is 13.5. The minimum atomic E-state index is -4.38. The van der Waals surface area contributed by atoms with Crippen LogP contribution in [0.1, 0.15) is 19.4 Å². The lowest BCUT2D eigenvalue weighted by Gasteiger charge is -2.31. The van der Waals surface area contributed by atoms with Crippen molar-refractivity contribution in [2.75, 3.05) is 0 Å². The van der Waals surface area contributed by atoms with Gasteiger partial charge in [0, 0.05) is 12.4 Å². The normalized spacial score (nSPS) is 13.1. The van der Waals surface area contributed by atoms with E-state index >= 15 is 0 Å². The van der Waals surface area contributed by atoms with Crippen LogP contribution in [0.25, 0.3) is 0 Å². The van der Waals surface area contributed by atoms with Gasteiger partial charge in [-0.15, -0.1) is 0 Å². The molecule has 0 amide bonds. The largest absolute Gasteiger partial charge is 0.457 e. The quantitative estimate of drug-likeness (QED) is 0.406. The van der Waals surface area contributed by atoms with Gasteiger partial charge in [-0.05, 0) is 69.3 Å². The first-order valence-corrected chi connectivity index (χ1v) is 13.3. The maximum atomic E-state index is 13.2. The number of nitrogens with two attached hydrogens (primary N) is 1. The average molecular weight is 520 g/mol. The Morgan fingerprint density at radius 2 is 1.51 bits per heavy atom. The number of aryl methyl sites for hydroxylation is 1. The highest BCUT2D eigenvalue weighted by Crippen LogP contribution is 2.30. The number of carbonyl (C=O) groups is 1. The SMILES string of the molecule is Cc1ccc(Oc2ccc(S(=O)(=O)N[C@H](C(=O)ON)C(C)(C)S(=O)(=O)c3cccnc3)cc2)cc1. The maximum Gasteiger partial charge on any atom is 0.344 e. The predicted octanol–water partition coefficient (Wildman–Crippen LogP) is 2.50. The Morgan fingerprint density at radius 1 is 0.943 bits per heavy atom. The molecule has 12 heteroatoms. The van der Waals surface area contributed by atoms with E-state index in [1.807, 2.05) is 19.1 Å². The zero-order valence-electron chi connectivity index (χ0n) is 19.2. The monoisotopic (exact) mass is 519 g/mol. The second-order valence-electron chi connectivity index (χ2n) is 8.17. The Labute approximate surface area is 204 Å². The van der Waals surface area contributed by atoms with Crippen molar-refractivity contribution in [3.8, 4) is 11.5 Å². The summed E-state index contributed by atoms with van der Waals surface area (Å²) in [6.45, 7) is 4.32. The summed E-state index contributed by atoms with van der Waals surface area (Å²) in [5.41, 5.74) is 1.06. The van der Waals surface area contributed by atoms with Crippen LogP contribution in [-0.2, 0) is 29.5 Å². The fourth-order valence-corrected chi connectivity index (χ4v) is 6.10. The number of nitrogens with zero attached hydrogens (tertiary/aromatic N) is 1. The number of ether oxygens (including phenoxy) is 1. The smallest absolute Gasteiger partial charge is 0.344 e. The molecule has 1 heterocycles. The molecule has 0 radical (unpaired) electrons. The summed E-state index contributed by atoms with van der Waals surface area (Å²) in [7, 11) is -8.64. The van der Waals surface area contributed by atoms with Crippen LogP contribution in [-0.4, -0.2) is 38.6 Å². The van der Waals surface area contributed by atoms with E-state index < -0.39 is 36.6 Å². The standard InChI is InChI=1S/C23H25N3O7S2/c1-16-6-8-17(9-7-16)32-18-10-12-19(13-11-18)35(30,31)26-21(22(27)33-24)23(2,3)34(28,29)20-5-4-14-25-15-20/h4-15,21,26H,24H2,1-3H3/t21-/m1/s1. The molecule has 0 fully saturated rings. The van der Waals surface area contributed by atoms with Gasteiger partial charge in [0.15, 0.2) is 9.84 Å². The van der Waals surface area contributed by atoms with E-state index in [-0.39, 0.29) is 9.79 Å². The molecule has 3 aromatic rings. The molecule has 1 atom stereocenters. The topological polar surface area (TPSA) is 155 Å². The summed E-state index contributed by atoms with van der Waals surface area (Å²) in [4.78, 5) is 20.1. The lowest BCUT2D eigenvalue weighted by atomic mass is 10.1. The molecular formula is C23H25N3O7S2. The molecule has 0 saturated heterocycles. The van der Waals surface area contributed by atoms with Crippen LogP contribution in [0.4, 0.5) is 0 Å². The third-order valence-electron chi connectivity index (χ3n) is 5.35. The second-order valence-corrected chi connectivity index (χ2v) is 12.4. The van der Waals surface area contributed by atoms with Crippen molar-refractivity contribution in [2.45, 2.75) is 41.4 Å². The van der Waals surface area contributed by atoms with Gasteiger partial charge in [0.2, 0.25) is 10.0 Å². The molecule has 35 heavy (non-hydrogen) atoms. The van der Waals surface area contributed by atoms with Crippen LogP contribution in [0.15, 0.2) is 82.8 Å². The van der Waals surface area contributed by atoms with Crippen LogP contribution in [0, 0.1) is 6.92 Å². The number of aromatic nitrogens is 1. The first-order valence-electron chi connectivity index (χ1n) is 10.3. The lowest BCUT2D eigenvalue weighted by molar-refractivity contribution is -0.146. The van der Waals surface area contributed by atoms with E-state index in [0.29, 0.717) is 11.5 Å². The van der Waals surface area contributed by atoms with Gasteiger partial charge in [-0.1, -0.05) is 17.7 Å². The van der Waals surface area contributed by atoms with Crippen molar-refractivity contribution >= 4 is 25.8 Å². The molecule has 0 bridgehead atoms. The van der Waals surface area contributed by atoms with Crippen LogP contribution in [0.2, 0.25) is 0 Å². The minimum absolute atomic E-state index is 0.198. The number of rotatable bonds is 9. The molecular weight excluding hydrogens is 494 g/mol. The molecule has 3 rings (SSSR count). The van der Waals surface area contributed by atoms with Crippen molar-refractivity contribution in [3.05, 3.63) is 78.6 Å². The van der Waals surface area contributed by atoms with Crippen molar-refractivity contribution in [1.82, 2.24) is 9.71 Å². The maximum absolute atomic E-state index is 13.2. The molecule has 10 nitrogen and oxygen atoms in total. The summed E-state index contributed by atoms with van der Waals surface area (Å²) >= 11 is 0. The second kappa shape index (κ2) is 10.1. The molecule has 0 aliphatic carbocycles. The summed E-state index contributed by atoms with van der Waals surface area (Å²) in [5.74, 6) is 4.68. The number of sulfone groups is 1. The third kappa shape index (κ3) is 5.68. The molecule has 0 unspecified atom stereocenters. The molecule has 3 N–H and O–H groups in total. The number of hydrogen-bond donors (Lipinski definition) is 2. The van der Waals surface area contributed by atoms with Crippen LogP contribution in [0.5, 0.6) is 11.5 Å². The number of sulfonamides is 1. The first-order chi connectivity index (χ1) is 16.4. The summed E-state index contributed by atoms with van der Waals surface area (Å²) < 4.78 is 58.5. The summed E-state index contributed by atoms with van der Waals surface area (Å²) in [5, 5.41) is 0. The molecule has 2 aromatic carbocycles. The van der Waals surface area contributed by atoms with E-state index in [9.17, 15) is 21.6 Å². The van der Waals surface area contributed by atoms with E-state index in [2.05, 4.69) is 14.5 Å². The number of hydrogen-bond acceptors (Lipinski definition) is 9. The Morgan fingerprint density at radius 3 is 2.03 bits per heavy atom. The van der Waals surface area contributed by atoms with Crippen molar-refractivity contribution in [1.29, 1.82) is 0 Å². The predicted molar refractivity (Wildman–Crippen MR) is 128 cm³/mol. The lowest BCUT2D eigenvalue weighted by Crippen LogP contribution is -2.58. The third-order valence-corrected chi connectivity index (χ3v) is 9.27. The van der Waals surface area contributed by atoms with Crippen molar-refractivity contribution < 1.29 is 31.2 Å². The van der Waals surface area contributed by atoms with E-state index in [4.69, 9.17) is 10.6 Å². The number of carbonyl (C=O) groups excluding carboxylic acids is 1. The zero-order chi connectivity index (χ0) is 25.9. The van der Waals surface area contributed by atoms with E-state index in [1.54, 1.807) is 12.1 Å². The van der Waals surface area contributed by atoms with Gasteiger partial charge in [-0.3, -0.25) is 4.98 Å². The zero-order valence-corrected chi connectivity index (χ0v) is 20.8. The number of pyridine rings is 1. The van der Waals surface area contributed by atoms with E-state index in [0.717, 1.165) is 11.8 Å². The highest BCUT2D eigenvalue weighted by molar-refractivity contribution is 7.93. The van der Waals surface area contributed by atoms with Crippen molar-refractivity contribution in [3.63, 3.8) is 0 Å². The highest BCUT2D eigenvalue weighted by atomic mass is 32.2. The molecule has 0 saturated carbocycles. The Bertz CT molecular complexity index is 1390. The minimum Gasteiger partial charge on any atom is -0.457 e. The van der Waals surface area contributed by atoms with Crippen LogP contribution < -0.4 is 15.4 Å². The molecule has 186 valence electrons. The van der Waals surface area contributed by atoms with Gasteiger partial charge < -0.3 is 9.57 Å². The van der Waals surface area contributed by atoms with Crippen molar-refractivity contribution in [2.24, 2.45) is 5.90 Å². The number of benzene rings is 2. The van der Waals surface area contributed by atoms with Gasteiger partial charge in [0.1, 0.15) is 17.5 Å². The molecule has 0 spiro atoms. The molecule has 0 aliphatic rings. The van der Waals surface area contributed by atoms with Gasteiger partial charge >= 0.3 is 5.97 Å². The van der Waals surface area contributed by atoms with Gasteiger partial charge in [0.05, 0.1) is 14.5 Å². The van der Waals surface area contributed by atoms with Crippen LogP contribution in [0.3, 0.4) is 0 Å².